The second-order valence-corrected chi connectivity index (χ2v) is 4.03. The average molecular weight is 232 g/mol. The molecule has 0 aliphatic heterocycles. The van der Waals surface area contributed by atoms with E-state index in [1.54, 1.807) is 7.11 Å². The first kappa shape index (κ1) is 11.7. The zero-order valence-electron chi connectivity index (χ0n) is 10.3. The topological polar surface area (TPSA) is 47.3 Å². The van der Waals surface area contributed by atoms with E-state index in [2.05, 4.69) is 4.98 Å². The van der Waals surface area contributed by atoms with Gasteiger partial charge >= 0.3 is 0 Å². The molecule has 0 bridgehead atoms. The molecule has 17 heavy (non-hydrogen) atoms. The molecule has 0 spiro atoms. The molecule has 1 aromatic carbocycles. The normalized spacial score (nSPS) is 10.6. The monoisotopic (exact) mass is 232 g/mol. The first-order valence-electron chi connectivity index (χ1n) is 5.44. The number of aliphatic hydroxyl groups excluding tert-OH is 1. The molecule has 2 rings (SSSR count). The molecule has 0 aliphatic carbocycles. The standard InChI is InChI=1S/C13H16N2O2/c1-9-4-5-12(17-3)11(6-9)13-14-10(8-16)7-15(13)2/h4-7,16H,8H2,1-3H3. The number of aromatic nitrogens is 2. The second kappa shape index (κ2) is 4.59. The summed E-state index contributed by atoms with van der Waals surface area (Å²) in [6.07, 6.45) is 1.82. The Kier molecular flexibility index (Phi) is 3.15. The molecule has 0 unspecified atom stereocenters. The molecular formula is C13H16N2O2. The first-order chi connectivity index (χ1) is 8.15. The quantitative estimate of drug-likeness (QED) is 0.879. The predicted molar refractivity (Wildman–Crippen MR) is 65.9 cm³/mol. The van der Waals surface area contributed by atoms with Gasteiger partial charge in [0.15, 0.2) is 0 Å². The van der Waals surface area contributed by atoms with Crippen molar-refractivity contribution < 1.29 is 9.84 Å². The fourth-order valence-electron chi connectivity index (χ4n) is 1.85. The number of rotatable bonds is 3. The van der Waals surface area contributed by atoms with Crippen LogP contribution >= 0.6 is 0 Å². The van der Waals surface area contributed by atoms with Crippen LogP contribution in [0.25, 0.3) is 11.4 Å². The van der Waals surface area contributed by atoms with Gasteiger partial charge in [0, 0.05) is 13.2 Å². The van der Waals surface area contributed by atoms with Crippen LogP contribution in [0.4, 0.5) is 0 Å². The van der Waals surface area contributed by atoms with E-state index in [-0.39, 0.29) is 6.61 Å². The minimum atomic E-state index is -0.0536. The fourth-order valence-corrected chi connectivity index (χ4v) is 1.85. The fraction of sp³-hybridized carbons (Fsp3) is 0.308. The minimum Gasteiger partial charge on any atom is -0.496 e. The minimum absolute atomic E-state index is 0.0536. The Morgan fingerprint density at radius 1 is 1.41 bits per heavy atom. The smallest absolute Gasteiger partial charge is 0.143 e. The molecule has 0 amide bonds. The lowest BCUT2D eigenvalue weighted by Gasteiger charge is -2.09. The molecule has 2 aromatic rings. The van der Waals surface area contributed by atoms with Crippen molar-refractivity contribution in [2.45, 2.75) is 13.5 Å². The van der Waals surface area contributed by atoms with Crippen LogP contribution in [-0.4, -0.2) is 21.8 Å². The summed E-state index contributed by atoms with van der Waals surface area (Å²) in [5, 5.41) is 9.10. The number of imidazole rings is 1. The number of aryl methyl sites for hydroxylation is 2. The summed E-state index contributed by atoms with van der Waals surface area (Å²) in [5.41, 5.74) is 2.75. The summed E-state index contributed by atoms with van der Waals surface area (Å²) in [6.45, 7) is 1.97. The largest absolute Gasteiger partial charge is 0.496 e. The molecule has 4 nitrogen and oxygen atoms in total. The summed E-state index contributed by atoms with van der Waals surface area (Å²) >= 11 is 0. The molecule has 0 atom stereocenters. The third-order valence-corrected chi connectivity index (χ3v) is 2.68. The van der Waals surface area contributed by atoms with Gasteiger partial charge in [-0.05, 0) is 19.1 Å². The van der Waals surface area contributed by atoms with Crippen LogP contribution in [0.1, 0.15) is 11.3 Å². The van der Waals surface area contributed by atoms with Gasteiger partial charge in [-0.25, -0.2) is 4.98 Å². The number of methoxy groups -OCH3 is 1. The molecule has 90 valence electrons. The molecule has 1 aromatic heterocycles. The second-order valence-electron chi connectivity index (χ2n) is 4.03. The van der Waals surface area contributed by atoms with E-state index >= 15 is 0 Å². The molecule has 1 heterocycles. The van der Waals surface area contributed by atoms with Gasteiger partial charge in [0.2, 0.25) is 0 Å². The van der Waals surface area contributed by atoms with Crippen LogP contribution < -0.4 is 4.74 Å². The number of ether oxygens (including phenoxy) is 1. The summed E-state index contributed by atoms with van der Waals surface area (Å²) in [4.78, 5) is 4.38. The summed E-state index contributed by atoms with van der Waals surface area (Å²) in [5.74, 6) is 1.59. The van der Waals surface area contributed by atoms with Gasteiger partial charge in [-0.1, -0.05) is 11.6 Å². The van der Waals surface area contributed by atoms with Gasteiger partial charge in [-0.15, -0.1) is 0 Å². The molecule has 0 fully saturated rings. The Hall–Kier alpha value is -1.81. The zero-order valence-corrected chi connectivity index (χ0v) is 10.3. The number of hydrogen-bond donors (Lipinski definition) is 1. The van der Waals surface area contributed by atoms with Crippen molar-refractivity contribution in [2.75, 3.05) is 7.11 Å². The van der Waals surface area contributed by atoms with Gasteiger partial charge in [-0.2, -0.15) is 0 Å². The highest BCUT2D eigenvalue weighted by Crippen LogP contribution is 2.29. The van der Waals surface area contributed by atoms with Crippen molar-refractivity contribution in [3.63, 3.8) is 0 Å². The molecule has 0 radical (unpaired) electrons. The highest BCUT2D eigenvalue weighted by molar-refractivity contribution is 5.65. The number of benzene rings is 1. The van der Waals surface area contributed by atoms with Crippen LogP contribution in [0.3, 0.4) is 0 Å². The molecule has 0 saturated carbocycles. The van der Waals surface area contributed by atoms with E-state index < -0.39 is 0 Å². The van der Waals surface area contributed by atoms with Gasteiger partial charge in [0.1, 0.15) is 11.6 Å². The van der Waals surface area contributed by atoms with Crippen molar-refractivity contribution >= 4 is 0 Å². The van der Waals surface area contributed by atoms with Crippen LogP contribution in [0, 0.1) is 6.92 Å². The van der Waals surface area contributed by atoms with E-state index in [1.165, 1.54) is 0 Å². The van der Waals surface area contributed by atoms with Crippen LogP contribution in [-0.2, 0) is 13.7 Å². The lowest BCUT2D eigenvalue weighted by Crippen LogP contribution is -1.95. The Morgan fingerprint density at radius 2 is 2.18 bits per heavy atom. The van der Waals surface area contributed by atoms with E-state index in [4.69, 9.17) is 9.84 Å². The first-order valence-corrected chi connectivity index (χ1v) is 5.44. The van der Waals surface area contributed by atoms with Crippen LogP contribution in [0.2, 0.25) is 0 Å². The van der Waals surface area contributed by atoms with Crippen molar-refractivity contribution in [1.82, 2.24) is 9.55 Å². The zero-order chi connectivity index (χ0) is 12.4. The van der Waals surface area contributed by atoms with Crippen molar-refractivity contribution in [2.24, 2.45) is 7.05 Å². The van der Waals surface area contributed by atoms with Gasteiger partial charge in [-0.3, -0.25) is 0 Å². The SMILES string of the molecule is COc1ccc(C)cc1-c1nc(CO)cn1C. The van der Waals surface area contributed by atoms with E-state index in [0.717, 1.165) is 22.7 Å². The number of nitrogens with zero attached hydrogens (tertiary/aromatic N) is 2. The number of hydrogen-bond acceptors (Lipinski definition) is 3. The van der Waals surface area contributed by atoms with Gasteiger partial charge in [0.05, 0.1) is 25.0 Å². The van der Waals surface area contributed by atoms with E-state index in [1.807, 2.05) is 42.9 Å². The molecule has 1 N–H and O–H groups in total. The van der Waals surface area contributed by atoms with E-state index in [9.17, 15) is 0 Å². The van der Waals surface area contributed by atoms with Crippen LogP contribution in [0.15, 0.2) is 24.4 Å². The van der Waals surface area contributed by atoms with Crippen molar-refractivity contribution in [3.8, 4) is 17.1 Å². The average Bonchev–Trinajstić information content (AvgIpc) is 2.70. The molecule has 4 heteroatoms. The lowest BCUT2D eigenvalue weighted by molar-refractivity contribution is 0.277. The van der Waals surface area contributed by atoms with Gasteiger partial charge < -0.3 is 14.4 Å². The van der Waals surface area contributed by atoms with Gasteiger partial charge in [0.25, 0.3) is 0 Å². The lowest BCUT2D eigenvalue weighted by atomic mass is 10.1. The molecule has 0 saturated heterocycles. The molecule has 0 aliphatic rings. The highest BCUT2D eigenvalue weighted by atomic mass is 16.5. The summed E-state index contributed by atoms with van der Waals surface area (Å²) in [6, 6.07) is 5.96. The van der Waals surface area contributed by atoms with E-state index in [0.29, 0.717) is 5.69 Å². The Morgan fingerprint density at radius 3 is 2.76 bits per heavy atom. The van der Waals surface area contributed by atoms with Crippen molar-refractivity contribution in [1.29, 1.82) is 0 Å². The maximum Gasteiger partial charge on any atom is 0.143 e. The third kappa shape index (κ3) is 2.17. The maximum atomic E-state index is 9.10. The highest BCUT2D eigenvalue weighted by Gasteiger charge is 2.12. The molecular weight excluding hydrogens is 216 g/mol. The maximum absolute atomic E-state index is 9.10. The third-order valence-electron chi connectivity index (χ3n) is 2.68. The Bertz CT molecular complexity index is 532. The summed E-state index contributed by atoms with van der Waals surface area (Å²) in [7, 11) is 3.55. The van der Waals surface area contributed by atoms with Crippen LogP contribution in [0.5, 0.6) is 5.75 Å². The summed E-state index contributed by atoms with van der Waals surface area (Å²) < 4.78 is 7.23. The van der Waals surface area contributed by atoms with Crippen molar-refractivity contribution in [3.05, 3.63) is 35.7 Å². The predicted octanol–water partition coefficient (Wildman–Crippen LogP) is 1.90. The number of aliphatic hydroxyl groups is 1. The Balaban J connectivity index is 2.58. The Labute approximate surface area is 100 Å².